The Morgan fingerprint density at radius 2 is 2.03 bits per heavy atom. The molecule has 9 nitrogen and oxygen atoms in total. The number of rotatable bonds is 6. The van der Waals surface area contributed by atoms with E-state index in [9.17, 15) is 35.9 Å². The van der Waals surface area contributed by atoms with Gasteiger partial charge < -0.3 is 14.2 Å². The monoisotopic (exact) mass is 566 g/mol. The third-order valence-corrected chi connectivity index (χ3v) is 6.42. The van der Waals surface area contributed by atoms with Crippen LogP contribution in [0.1, 0.15) is 24.6 Å². The second-order valence-electron chi connectivity index (χ2n) is 8.76. The first kappa shape index (κ1) is 27.8. The zero-order valence-corrected chi connectivity index (χ0v) is 20.5. The number of nitrogens with zero attached hydrogens (tertiary/aromatic N) is 5. The molecule has 1 unspecified atom stereocenters. The molecule has 0 aromatic carbocycles. The van der Waals surface area contributed by atoms with Crippen LogP contribution in [-0.2, 0) is 33.6 Å². The van der Waals surface area contributed by atoms with Gasteiger partial charge in [0.25, 0.3) is 5.91 Å². The molecule has 1 N–H and O–H groups in total. The van der Waals surface area contributed by atoms with Crippen molar-refractivity contribution in [3.63, 3.8) is 0 Å². The van der Waals surface area contributed by atoms with Crippen LogP contribution in [-0.4, -0.2) is 70.2 Å². The lowest BCUT2D eigenvalue weighted by atomic mass is 10.0. The summed E-state index contributed by atoms with van der Waals surface area (Å²) >= 11 is 6.35. The highest BCUT2D eigenvalue weighted by molar-refractivity contribution is 6.37. The van der Waals surface area contributed by atoms with Gasteiger partial charge in [-0.15, -0.1) is 0 Å². The lowest BCUT2D eigenvalue weighted by molar-refractivity contribution is -0.168. The van der Waals surface area contributed by atoms with Gasteiger partial charge in [0.2, 0.25) is 5.91 Å². The average molecular weight is 567 g/mol. The third-order valence-electron chi connectivity index (χ3n) is 6.00. The molecule has 0 saturated heterocycles. The number of nitrogens with one attached hydrogen (secondary N) is 1. The summed E-state index contributed by atoms with van der Waals surface area (Å²) in [5, 5.41) is 3.61. The van der Waals surface area contributed by atoms with Gasteiger partial charge in [0.1, 0.15) is 5.65 Å². The number of aromatic nitrogens is 2. The minimum absolute atomic E-state index is 0.0466. The van der Waals surface area contributed by atoms with Crippen LogP contribution in [0.25, 0.3) is 11.0 Å². The summed E-state index contributed by atoms with van der Waals surface area (Å²) in [6.07, 6.45) is -7.88. The van der Waals surface area contributed by atoms with Crippen molar-refractivity contribution in [2.45, 2.75) is 44.8 Å². The van der Waals surface area contributed by atoms with Crippen LogP contribution in [0, 0.1) is 5.92 Å². The van der Waals surface area contributed by atoms with Gasteiger partial charge in [-0.3, -0.25) is 14.6 Å². The minimum atomic E-state index is -4.83. The number of hydrazone groups is 1. The molecule has 0 saturated carbocycles. The van der Waals surface area contributed by atoms with Crippen LogP contribution in [0.4, 0.5) is 26.3 Å². The van der Waals surface area contributed by atoms with Gasteiger partial charge >= 0.3 is 12.4 Å². The second-order valence-corrected chi connectivity index (χ2v) is 9.14. The predicted molar refractivity (Wildman–Crippen MR) is 124 cm³/mol. The van der Waals surface area contributed by atoms with E-state index >= 15 is 0 Å². The minimum Gasteiger partial charge on any atom is -0.379 e. The Kier molecular flexibility index (Phi) is 7.70. The summed E-state index contributed by atoms with van der Waals surface area (Å²) in [5.41, 5.74) is 1.07. The molecule has 2 aliphatic heterocycles. The fourth-order valence-corrected chi connectivity index (χ4v) is 4.50. The Hall–Kier alpha value is -3.20. The van der Waals surface area contributed by atoms with Gasteiger partial charge in [-0.1, -0.05) is 11.6 Å². The van der Waals surface area contributed by atoms with E-state index in [4.69, 9.17) is 16.3 Å². The maximum absolute atomic E-state index is 13.2. The number of carbonyl (C=O) groups is 2. The Balaban J connectivity index is 1.33. The quantitative estimate of drug-likeness (QED) is 0.427. The number of alkyl halides is 6. The van der Waals surface area contributed by atoms with Gasteiger partial charge in [-0.05, 0) is 13.0 Å². The van der Waals surface area contributed by atoms with Crippen molar-refractivity contribution >= 4 is 46.4 Å². The normalized spacial score (nSPS) is 20.1. The number of hydrogen-bond donors (Lipinski definition) is 1. The van der Waals surface area contributed by atoms with Gasteiger partial charge in [-0.2, -0.15) is 31.4 Å². The van der Waals surface area contributed by atoms with Gasteiger partial charge in [0, 0.05) is 24.7 Å². The number of carbonyl (C=O) groups excluding carboxylic acids is 2. The number of pyridine rings is 1. The maximum atomic E-state index is 13.2. The standard InChI is InChI=1S/C22H21ClF6N6O3/c1-11(32-14-8-31-33-20(37)17(14)22(27,28)29)10-38-5-2-16(36)34-3-4-35-15(9-34)18(23)13-6-12(21(24,25)26)7-30-19(13)35/h6-8,11,17H,2-5,9-10H2,1H3,(H,33,37)/t11-,17?/m0/s1. The van der Waals surface area contributed by atoms with Crippen molar-refractivity contribution in [3.05, 3.63) is 28.5 Å². The molecule has 4 heterocycles. The number of amides is 2. The molecule has 0 spiro atoms. The Morgan fingerprint density at radius 1 is 1.29 bits per heavy atom. The molecule has 2 aliphatic rings. The fourth-order valence-electron chi connectivity index (χ4n) is 4.20. The van der Waals surface area contributed by atoms with E-state index in [1.807, 2.05) is 0 Å². The lowest BCUT2D eigenvalue weighted by Crippen LogP contribution is -2.47. The Labute approximate surface area is 216 Å². The molecule has 0 aliphatic carbocycles. The smallest absolute Gasteiger partial charge is 0.379 e. The molecule has 206 valence electrons. The summed E-state index contributed by atoms with van der Waals surface area (Å²) < 4.78 is 85.8. The van der Waals surface area contributed by atoms with Gasteiger partial charge in [0.15, 0.2) is 5.92 Å². The molecular formula is C22H21ClF6N6O3. The summed E-state index contributed by atoms with van der Waals surface area (Å²) in [5.74, 6) is -4.05. The number of hydrogen-bond acceptors (Lipinski definition) is 6. The summed E-state index contributed by atoms with van der Waals surface area (Å²) in [7, 11) is 0. The molecule has 2 aromatic heterocycles. The van der Waals surface area contributed by atoms with Crippen LogP contribution in [0.5, 0.6) is 0 Å². The van der Waals surface area contributed by atoms with Crippen LogP contribution >= 0.6 is 11.6 Å². The molecule has 4 rings (SSSR count). The topological polar surface area (TPSA) is 101 Å². The third kappa shape index (κ3) is 5.77. The van der Waals surface area contributed by atoms with E-state index < -0.39 is 41.5 Å². The van der Waals surface area contributed by atoms with Crippen molar-refractivity contribution in [3.8, 4) is 0 Å². The summed E-state index contributed by atoms with van der Waals surface area (Å²) in [6.45, 7) is 1.97. The highest BCUT2D eigenvalue weighted by Crippen LogP contribution is 2.37. The first-order chi connectivity index (χ1) is 17.8. The van der Waals surface area contributed by atoms with Gasteiger partial charge in [-0.25, -0.2) is 10.4 Å². The SMILES string of the molecule is C[C@@H](COCCC(=O)N1CCn2c(c(Cl)c3cc(C(F)(F)F)cnc32)C1)N=C1C=NNC(=O)C1C(F)(F)F. The van der Waals surface area contributed by atoms with E-state index in [-0.39, 0.29) is 55.6 Å². The summed E-state index contributed by atoms with van der Waals surface area (Å²) in [4.78, 5) is 33.6. The number of fused-ring (bicyclic) bond motifs is 3. The molecule has 2 aromatic rings. The molecule has 38 heavy (non-hydrogen) atoms. The Morgan fingerprint density at radius 3 is 2.71 bits per heavy atom. The van der Waals surface area contributed by atoms with E-state index in [2.05, 4.69) is 15.1 Å². The van der Waals surface area contributed by atoms with E-state index in [1.165, 1.54) is 11.8 Å². The zero-order chi connectivity index (χ0) is 27.8. The maximum Gasteiger partial charge on any atom is 0.417 e. The molecular weight excluding hydrogens is 546 g/mol. The first-order valence-electron chi connectivity index (χ1n) is 11.3. The molecule has 0 bridgehead atoms. The van der Waals surface area contributed by atoms with Crippen molar-refractivity contribution in [2.24, 2.45) is 16.0 Å². The number of aliphatic imine (C=N–C) groups is 1. The molecule has 0 fully saturated rings. The molecule has 16 heteroatoms. The molecule has 2 atom stereocenters. The lowest BCUT2D eigenvalue weighted by Gasteiger charge is -2.29. The highest BCUT2D eigenvalue weighted by atomic mass is 35.5. The van der Waals surface area contributed by atoms with Crippen LogP contribution in [0.15, 0.2) is 22.4 Å². The number of ether oxygens (including phenoxy) is 1. The van der Waals surface area contributed by atoms with Crippen molar-refractivity contribution in [1.82, 2.24) is 19.9 Å². The predicted octanol–water partition coefficient (Wildman–Crippen LogP) is 3.58. The average Bonchev–Trinajstić information content (AvgIpc) is 3.11. The highest BCUT2D eigenvalue weighted by Gasteiger charge is 2.49. The van der Waals surface area contributed by atoms with Crippen LogP contribution in [0.2, 0.25) is 5.02 Å². The molecule has 2 amide bonds. The molecule has 0 radical (unpaired) electrons. The Bertz CT molecular complexity index is 1310. The second kappa shape index (κ2) is 10.5. The van der Waals surface area contributed by atoms with E-state index in [0.717, 1.165) is 18.5 Å². The first-order valence-corrected chi connectivity index (χ1v) is 11.7. The largest absolute Gasteiger partial charge is 0.417 e. The van der Waals surface area contributed by atoms with Crippen molar-refractivity contribution < 1.29 is 40.7 Å². The van der Waals surface area contributed by atoms with E-state index in [1.54, 1.807) is 9.99 Å². The zero-order valence-electron chi connectivity index (χ0n) is 19.7. The number of halogens is 7. The van der Waals surface area contributed by atoms with Crippen molar-refractivity contribution in [2.75, 3.05) is 19.8 Å². The van der Waals surface area contributed by atoms with E-state index in [0.29, 0.717) is 11.3 Å². The van der Waals surface area contributed by atoms with Crippen LogP contribution in [0.3, 0.4) is 0 Å². The van der Waals surface area contributed by atoms with Crippen LogP contribution < -0.4 is 5.43 Å². The van der Waals surface area contributed by atoms with Gasteiger partial charge in [0.05, 0.1) is 60.4 Å². The fraction of sp³-hybridized carbons (Fsp3) is 0.500. The van der Waals surface area contributed by atoms with Crippen molar-refractivity contribution in [1.29, 1.82) is 0 Å². The summed E-state index contributed by atoms with van der Waals surface area (Å²) in [6, 6.07) is 0.184.